The molecule has 0 amide bonds. The Kier molecular flexibility index (Phi) is 5.26. The van der Waals surface area contributed by atoms with Gasteiger partial charge >= 0.3 is 0 Å². The summed E-state index contributed by atoms with van der Waals surface area (Å²) in [5, 5.41) is 0.456. The second kappa shape index (κ2) is 8.25. The van der Waals surface area contributed by atoms with Crippen LogP contribution in [0.3, 0.4) is 0 Å². The van der Waals surface area contributed by atoms with E-state index in [1.807, 2.05) is 24.3 Å². The number of aromatic nitrogens is 4. The van der Waals surface area contributed by atoms with Crippen molar-refractivity contribution in [2.45, 2.75) is 6.92 Å². The number of aromatic amines is 1. The van der Waals surface area contributed by atoms with Crippen molar-refractivity contribution in [1.29, 1.82) is 0 Å². The van der Waals surface area contributed by atoms with Crippen LogP contribution in [0.2, 0.25) is 0 Å². The number of hydrogen-bond donors (Lipinski definition) is 2. The van der Waals surface area contributed by atoms with Gasteiger partial charge in [0.1, 0.15) is 17.2 Å². The van der Waals surface area contributed by atoms with Gasteiger partial charge in [-0.25, -0.2) is 9.97 Å². The fourth-order valence-electron chi connectivity index (χ4n) is 4.12. The molecular formula is C24H24FN7O. The summed E-state index contributed by atoms with van der Waals surface area (Å²) in [7, 11) is 2.12. The number of H-pyrrole nitrogens is 1. The number of aryl methyl sites for hydroxylation is 1. The lowest BCUT2D eigenvalue weighted by atomic mass is 10.1. The predicted octanol–water partition coefficient (Wildman–Crippen LogP) is 2.83. The van der Waals surface area contributed by atoms with E-state index in [0.717, 1.165) is 31.9 Å². The van der Waals surface area contributed by atoms with Crippen molar-refractivity contribution >= 4 is 22.4 Å². The van der Waals surface area contributed by atoms with E-state index in [9.17, 15) is 9.18 Å². The monoisotopic (exact) mass is 445 g/mol. The van der Waals surface area contributed by atoms with E-state index in [1.54, 1.807) is 25.1 Å². The van der Waals surface area contributed by atoms with Gasteiger partial charge in [-0.2, -0.15) is 9.37 Å². The second-order valence-electron chi connectivity index (χ2n) is 8.32. The average molecular weight is 446 g/mol. The van der Waals surface area contributed by atoms with Crippen molar-refractivity contribution in [3.63, 3.8) is 0 Å². The van der Waals surface area contributed by atoms with Gasteiger partial charge in [-0.15, -0.1) is 0 Å². The Morgan fingerprint density at radius 3 is 2.36 bits per heavy atom. The molecule has 1 saturated heterocycles. The number of fused-ring (bicyclic) bond motifs is 1. The lowest BCUT2D eigenvalue weighted by molar-refractivity contribution is 0.313. The van der Waals surface area contributed by atoms with Crippen LogP contribution in [0.4, 0.5) is 15.9 Å². The highest BCUT2D eigenvalue weighted by molar-refractivity contribution is 5.85. The molecule has 5 rings (SSSR count). The van der Waals surface area contributed by atoms with Gasteiger partial charge in [0.2, 0.25) is 5.95 Å². The van der Waals surface area contributed by atoms with E-state index in [4.69, 9.17) is 5.73 Å². The molecule has 1 aliphatic heterocycles. The number of nitrogens with zero attached hydrogens (tertiary/aromatic N) is 5. The first kappa shape index (κ1) is 21.0. The smallest absolute Gasteiger partial charge is 0.258 e. The molecule has 0 bridgehead atoms. The van der Waals surface area contributed by atoms with Crippen molar-refractivity contribution in [3.05, 3.63) is 64.6 Å². The third-order valence-electron chi connectivity index (χ3n) is 5.99. The lowest BCUT2D eigenvalue weighted by Crippen LogP contribution is -2.44. The van der Waals surface area contributed by atoms with Crippen LogP contribution < -0.4 is 16.2 Å². The van der Waals surface area contributed by atoms with Crippen LogP contribution in [0.15, 0.2) is 47.3 Å². The zero-order chi connectivity index (χ0) is 23.1. The Morgan fingerprint density at radius 1 is 0.939 bits per heavy atom. The summed E-state index contributed by atoms with van der Waals surface area (Å²) in [6.07, 6.45) is 0. The first-order valence-corrected chi connectivity index (χ1v) is 10.8. The number of nitrogens with one attached hydrogen (secondary N) is 1. The molecule has 0 atom stereocenters. The molecule has 0 radical (unpaired) electrons. The topological polar surface area (TPSA) is 104 Å². The SMILES string of the molecule is Cc1nc2cc(-c3nc(-c4ccc(N5CCN(C)CC5)cc4)c(F)nc3N)ccc2c(=O)[nH]1. The molecule has 9 heteroatoms. The number of likely N-dealkylation sites (N-methyl/N-ethyl adjacent to an activating group) is 1. The molecule has 1 fully saturated rings. The van der Waals surface area contributed by atoms with E-state index >= 15 is 0 Å². The van der Waals surface area contributed by atoms with Crippen molar-refractivity contribution in [2.24, 2.45) is 0 Å². The second-order valence-corrected chi connectivity index (χ2v) is 8.32. The van der Waals surface area contributed by atoms with Crippen molar-refractivity contribution in [2.75, 3.05) is 43.9 Å². The van der Waals surface area contributed by atoms with E-state index < -0.39 is 5.95 Å². The number of halogens is 1. The molecule has 4 aromatic rings. The summed E-state index contributed by atoms with van der Waals surface area (Å²) in [6.45, 7) is 5.64. The third kappa shape index (κ3) is 4.03. The highest BCUT2D eigenvalue weighted by Crippen LogP contribution is 2.30. The summed E-state index contributed by atoms with van der Waals surface area (Å²) in [6, 6.07) is 12.8. The standard InChI is InChI=1S/C24H24FN7O/c1-14-27-19-13-16(5-8-18(19)24(33)28-14)21-23(26)30-22(25)20(29-21)15-3-6-17(7-4-15)32-11-9-31(2)10-12-32/h3-8,13H,9-12H2,1-2H3,(H2,26,30)(H,27,28,33). The third-order valence-corrected chi connectivity index (χ3v) is 5.99. The summed E-state index contributed by atoms with van der Waals surface area (Å²) in [5.74, 6) is -0.245. The fraction of sp³-hybridized carbons (Fsp3) is 0.250. The van der Waals surface area contributed by atoms with Crippen LogP contribution in [0.1, 0.15) is 5.82 Å². The van der Waals surface area contributed by atoms with Crippen molar-refractivity contribution in [1.82, 2.24) is 24.8 Å². The minimum absolute atomic E-state index is 0.0220. The summed E-state index contributed by atoms with van der Waals surface area (Å²) < 4.78 is 14.8. The molecule has 2 aromatic carbocycles. The maximum Gasteiger partial charge on any atom is 0.258 e. The van der Waals surface area contributed by atoms with Crippen molar-refractivity contribution < 1.29 is 4.39 Å². The molecule has 0 saturated carbocycles. The average Bonchev–Trinajstić information content (AvgIpc) is 2.79. The summed E-state index contributed by atoms with van der Waals surface area (Å²) in [4.78, 5) is 32.2. The molecule has 0 spiro atoms. The molecule has 8 nitrogen and oxygen atoms in total. The van der Waals surface area contributed by atoms with Gasteiger partial charge in [-0.05, 0) is 38.2 Å². The Labute approximate surface area is 189 Å². The van der Waals surface area contributed by atoms with E-state index in [2.05, 4.69) is 36.8 Å². The first-order valence-electron chi connectivity index (χ1n) is 10.8. The molecule has 1 aliphatic rings. The molecule has 33 heavy (non-hydrogen) atoms. The molecule has 0 unspecified atom stereocenters. The highest BCUT2D eigenvalue weighted by atomic mass is 19.1. The molecule has 2 aromatic heterocycles. The molecule has 3 heterocycles. The Hall–Kier alpha value is -3.85. The normalized spacial score (nSPS) is 14.7. The van der Waals surface area contributed by atoms with Crippen LogP contribution in [0, 0.1) is 12.9 Å². The van der Waals surface area contributed by atoms with E-state index in [1.165, 1.54) is 0 Å². The van der Waals surface area contributed by atoms with Crippen LogP contribution in [-0.2, 0) is 0 Å². The van der Waals surface area contributed by atoms with E-state index in [0.29, 0.717) is 33.5 Å². The Balaban J connectivity index is 1.52. The number of hydrogen-bond acceptors (Lipinski definition) is 7. The van der Waals surface area contributed by atoms with Gasteiger partial charge in [-0.1, -0.05) is 18.2 Å². The largest absolute Gasteiger partial charge is 0.382 e. The number of benzene rings is 2. The van der Waals surface area contributed by atoms with Gasteiger partial charge in [0.25, 0.3) is 5.56 Å². The number of anilines is 2. The van der Waals surface area contributed by atoms with E-state index in [-0.39, 0.29) is 17.1 Å². The van der Waals surface area contributed by atoms with Gasteiger partial charge < -0.3 is 20.5 Å². The first-order chi connectivity index (χ1) is 15.9. The molecule has 168 valence electrons. The number of rotatable bonds is 3. The molecular weight excluding hydrogens is 421 g/mol. The van der Waals surface area contributed by atoms with Crippen LogP contribution in [0.5, 0.6) is 0 Å². The number of piperazine rings is 1. The van der Waals surface area contributed by atoms with Gasteiger partial charge in [0.15, 0.2) is 5.82 Å². The van der Waals surface area contributed by atoms with Crippen molar-refractivity contribution in [3.8, 4) is 22.5 Å². The molecule has 3 N–H and O–H groups in total. The lowest BCUT2D eigenvalue weighted by Gasteiger charge is -2.34. The minimum atomic E-state index is -0.727. The fourth-order valence-corrected chi connectivity index (χ4v) is 4.12. The zero-order valence-electron chi connectivity index (χ0n) is 18.5. The van der Waals surface area contributed by atoms with Gasteiger partial charge in [0.05, 0.1) is 10.9 Å². The predicted molar refractivity (Wildman–Crippen MR) is 128 cm³/mol. The highest BCUT2D eigenvalue weighted by Gasteiger charge is 2.18. The molecule has 0 aliphatic carbocycles. The maximum atomic E-state index is 14.8. The summed E-state index contributed by atoms with van der Waals surface area (Å²) >= 11 is 0. The van der Waals surface area contributed by atoms with Crippen LogP contribution >= 0.6 is 0 Å². The summed E-state index contributed by atoms with van der Waals surface area (Å²) in [5.41, 5.74) is 9.11. The number of nitrogens with two attached hydrogens (primary N) is 1. The quantitative estimate of drug-likeness (QED) is 0.500. The van der Waals surface area contributed by atoms with Gasteiger partial charge in [0, 0.05) is 43.0 Å². The zero-order valence-corrected chi connectivity index (χ0v) is 18.5. The minimum Gasteiger partial charge on any atom is -0.382 e. The maximum absolute atomic E-state index is 14.8. The Morgan fingerprint density at radius 2 is 1.64 bits per heavy atom. The van der Waals surface area contributed by atoms with Gasteiger partial charge in [-0.3, -0.25) is 4.79 Å². The van der Waals surface area contributed by atoms with Crippen LogP contribution in [-0.4, -0.2) is 58.1 Å². The number of nitrogen functional groups attached to an aromatic ring is 1. The Bertz CT molecular complexity index is 1390. The van der Waals surface area contributed by atoms with Crippen LogP contribution in [0.25, 0.3) is 33.4 Å².